The molecule has 27 heavy (non-hydrogen) atoms. The second kappa shape index (κ2) is 6.74. The van der Waals surface area contributed by atoms with E-state index in [1.807, 2.05) is 6.07 Å². The summed E-state index contributed by atoms with van der Waals surface area (Å²) in [5.41, 5.74) is 3.76. The Morgan fingerprint density at radius 3 is 3.04 bits per heavy atom. The highest BCUT2D eigenvalue weighted by atomic mass is 32.2. The Balaban J connectivity index is 1.25. The zero-order valence-corrected chi connectivity index (χ0v) is 15.8. The minimum Gasteiger partial charge on any atom is -0.350 e. The van der Waals surface area contributed by atoms with E-state index in [4.69, 9.17) is 0 Å². The lowest BCUT2D eigenvalue weighted by Gasteiger charge is -2.14. The molecule has 7 nitrogen and oxygen atoms in total. The maximum Gasteiger partial charge on any atom is 0.257 e. The number of thioether (sulfide) groups is 1. The van der Waals surface area contributed by atoms with Gasteiger partial charge in [-0.2, -0.15) is 0 Å². The van der Waals surface area contributed by atoms with E-state index in [0.717, 1.165) is 52.8 Å². The molecular formula is C19H21N5O2S. The highest BCUT2D eigenvalue weighted by molar-refractivity contribution is 7.99. The van der Waals surface area contributed by atoms with E-state index in [-0.39, 0.29) is 17.5 Å². The minimum atomic E-state index is -0.122. The predicted molar refractivity (Wildman–Crippen MR) is 101 cm³/mol. The lowest BCUT2D eigenvalue weighted by atomic mass is 10.2. The number of nitrogens with zero attached hydrogens (tertiary/aromatic N) is 4. The molecular weight excluding hydrogens is 362 g/mol. The van der Waals surface area contributed by atoms with Gasteiger partial charge in [0.2, 0.25) is 5.91 Å². The molecule has 2 aromatic heterocycles. The van der Waals surface area contributed by atoms with Crippen LogP contribution in [0.4, 0.5) is 0 Å². The van der Waals surface area contributed by atoms with Gasteiger partial charge in [-0.25, -0.2) is 15.0 Å². The Morgan fingerprint density at radius 2 is 2.19 bits per heavy atom. The van der Waals surface area contributed by atoms with Crippen LogP contribution in [0.2, 0.25) is 0 Å². The minimum absolute atomic E-state index is 0.0557. The zero-order chi connectivity index (χ0) is 18.4. The monoisotopic (exact) mass is 383 g/mol. The summed E-state index contributed by atoms with van der Waals surface area (Å²) in [5.74, 6) is 1.22. The first-order valence-corrected chi connectivity index (χ1v) is 10.5. The molecule has 3 aliphatic rings. The summed E-state index contributed by atoms with van der Waals surface area (Å²) in [5, 5.41) is 3.71. The van der Waals surface area contributed by atoms with Crippen LogP contribution in [-0.2, 0) is 24.2 Å². The van der Waals surface area contributed by atoms with Gasteiger partial charge in [-0.05, 0) is 38.2 Å². The summed E-state index contributed by atoms with van der Waals surface area (Å²) in [6, 6.07) is 1.86. The Morgan fingerprint density at radius 1 is 1.30 bits per heavy atom. The van der Waals surface area contributed by atoms with E-state index in [2.05, 4.69) is 20.3 Å². The average Bonchev–Trinajstić information content (AvgIpc) is 3.29. The third-order valence-electron chi connectivity index (χ3n) is 5.50. The first-order chi connectivity index (χ1) is 13.2. The fourth-order valence-corrected chi connectivity index (χ4v) is 5.05. The van der Waals surface area contributed by atoms with Crippen molar-refractivity contribution in [2.45, 2.75) is 62.2 Å². The van der Waals surface area contributed by atoms with Crippen molar-refractivity contribution >= 4 is 17.7 Å². The number of hydrogen-bond acceptors (Lipinski definition) is 6. The van der Waals surface area contributed by atoms with Crippen molar-refractivity contribution in [3.63, 3.8) is 0 Å². The van der Waals surface area contributed by atoms with E-state index in [9.17, 15) is 9.59 Å². The first-order valence-electron chi connectivity index (χ1n) is 9.53. The quantitative estimate of drug-likeness (QED) is 0.791. The molecule has 0 radical (unpaired) electrons. The number of aromatic nitrogens is 4. The van der Waals surface area contributed by atoms with Crippen molar-refractivity contribution in [2.75, 3.05) is 5.75 Å². The standard InChI is InChI=1S/C19H21N5O2S/c25-17(20-8-12-6-16(11-4-5-11)22-10-21-12)7-13-9-27-19-23-15-3-1-2-14(15)18(26)24(13)19/h6,10-11,13H,1-5,7-9H2,(H,20,25). The van der Waals surface area contributed by atoms with E-state index in [1.165, 1.54) is 12.8 Å². The molecule has 1 N–H and O–H groups in total. The second-order valence-electron chi connectivity index (χ2n) is 7.50. The summed E-state index contributed by atoms with van der Waals surface area (Å²) in [7, 11) is 0. The zero-order valence-electron chi connectivity index (χ0n) is 15.0. The van der Waals surface area contributed by atoms with Crippen LogP contribution in [0, 0.1) is 0 Å². The number of hydrogen-bond donors (Lipinski definition) is 1. The highest BCUT2D eigenvalue weighted by Crippen LogP contribution is 2.38. The molecule has 1 fully saturated rings. The SMILES string of the molecule is O=C(CC1CSc2nc3c(c(=O)n21)CCC3)NCc1cc(C2CC2)ncn1. The van der Waals surface area contributed by atoms with E-state index in [0.29, 0.717) is 18.9 Å². The van der Waals surface area contributed by atoms with Crippen LogP contribution in [0.3, 0.4) is 0 Å². The van der Waals surface area contributed by atoms with Gasteiger partial charge in [0.25, 0.3) is 5.56 Å². The fraction of sp³-hybridized carbons (Fsp3) is 0.526. The van der Waals surface area contributed by atoms with Crippen LogP contribution in [0.1, 0.15) is 60.3 Å². The van der Waals surface area contributed by atoms with Crippen LogP contribution >= 0.6 is 11.8 Å². The number of carbonyl (C=O) groups is 1. The average molecular weight is 383 g/mol. The molecule has 2 aliphatic carbocycles. The van der Waals surface area contributed by atoms with Crippen LogP contribution in [0.15, 0.2) is 22.3 Å². The maximum absolute atomic E-state index is 12.8. The van der Waals surface area contributed by atoms with Crippen LogP contribution in [-0.4, -0.2) is 31.2 Å². The molecule has 1 saturated carbocycles. The molecule has 0 spiro atoms. The summed E-state index contributed by atoms with van der Waals surface area (Å²) >= 11 is 1.58. The van der Waals surface area contributed by atoms with Gasteiger partial charge in [0.05, 0.1) is 24.0 Å². The number of amides is 1. The number of rotatable bonds is 5. The Hall–Kier alpha value is -2.22. The van der Waals surface area contributed by atoms with E-state index >= 15 is 0 Å². The van der Waals surface area contributed by atoms with E-state index < -0.39 is 0 Å². The van der Waals surface area contributed by atoms with Crippen molar-refractivity contribution in [1.82, 2.24) is 24.8 Å². The van der Waals surface area contributed by atoms with Gasteiger partial charge < -0.3 is 5.32 Å². The van der Waals surface area contributed by atoms with Crippen molar-refractivity contribution < 1.29 is 4.79 Å². The fourth-order valence-electron chi connectivity index (χ4n) is 3.89. The lowest BCUT2D eigenvalue weighted by molar-refractivity contribution is -0.121. The third-order valence-corrected chi connectivity index (χ3v) is 6.60. The Labute approximate surface area is 161 Å². The molecule has 1 unspecified atom stereocenters. The number of fused-ring (bicyclic) bond motifs is 2. The van der Waals surface area contributed by atoms with Gasteiger partial charge in [-0.3, -0.25) is 14.2 Å². The second-order valence-corrected chi connectivity index (χ2v) is 8.49. The molecule has 8 heteroatoms. The summed E-state index contributed by atoms with van der Waals surface area (Å²) < 4.78 is 1.74. The molecule has 0 bridgehead atoms. The predicted octanol–water partition coefficient (Wildman–Crippen LogP) is 1.75. The number of carbonyl (C=O) groups excluding carboxylic acids is 1. The highest BCUT2D eigenvalue weighted by Gasteiger charge is 2.31. The van der Waals surface area contributed by atoms with Crippen LogP contribution < -0.4 is 10.9 Å². The molecule has 3 heterocycles. The first kappa shape index (κ1) is 16.9. The van der Waals surface area contributed by atoms with Crippen molar-refractivity contribution in [3.05, 3.63) is 45.4 Å². The molecule has 5 rings (SSSR count). The smallest absolute Gasteiger partial charge is 0.257 e. The molecule has 0 saturated heterocycles. The van der Waals surface area contributed by atoms with Crippen molar-refractivity contribution in [3.8, 4) is 0 Å². The van der Waals surface area contributed by atoms with Gasteiger partial charge in [-0.15, -0.1) is 0 Å². The van der Waals surface area contributed by atoms with Gasteiger partial charge in [0.1, 0.15) is 6.33 Å². The molecule has 140 valence electrons. The van der Waals surface area contributed by atoms with Crippen LogP contribution in [0.5, 0.6) is 0 Å². The summed E-state index contributed by atoms with van der Waals surface area (Å²) in [4.78, 5) is 38.5. The largest absolute Gasteiger partial charge is 0.350 e. The number of nitrogens with one attached hydrogen (secondary N) is 1. The number of aryl methyl sites for hydroxylation is 1. The van der Waals surface area contributed by atoms with Gasteiger partial charge in [0.15, 0.2) is 5.16 Å². The molecule has 2 aromatic rings. The Kier molecular flexibility index (Phi) is 4.22. The summed E-state index contributed by atoms with van der Waals surface area (Å²) in [6.45, 7) is 0.394. The van der Waals surface area contributed by atoms with Gasteiger partial charge >= 0.3 is 0 Å². The maximum atomic E-state index is 12.8. The van der Waals surface area contributed by atoms with Gasteiger partial charge in [-0.1, -0.05) is 11.8 Å². The lowest BCUT2D eigenvalue weighted by Crippen LogP contribution is -2.32. The van der Waals surface area contributed by atoms with Crippen molar-refractivity contribution in [1.29, 1.82) is 0 Å². The van der Waals surface area contributed by atoms with Crippen LogP contribution in [0.25, 0.3) is 0 Å². The molecule has 0 aromatic carbocycles. The molecule has 1 atom stereocenters. The van der Waals surface area contributed by atoms with Gasteiger partial charge in [0, 0.05) is 29.3 Å². The summed E-state index contributed by atoms with van der Waals surface area (Å²) in [6.07, 6.45) is 6.94. The normalized spacial score (nSPS) is 20.4. The molecule has 1 amide bonds. The third kappa shape index (κ3) is 3.26. The Bertz CT molecular complexity index is 969. The van der Waals surface area contributed by atoms with Crippen molar-refractivity contribution in [2.24, 2.45) is 0 Å². The van der Waals surface area contributed by atoms with E-state index in [1.54, 1.807) is 22.7 Å². The topological polar surface area (TPSA) is 89.8 Å². The molecule has 1 aliphatic heterocycles.